The predicted octanol–water partition coefficient (Wildman–Crippen LogP) is 10.3. The van der Waals surface area contributed by atoms with Crippen molar-refractivity contribution in [2.24, 2.45) is 0 Å². The summed E-state index contributed by atoms with van der Waals surface area (Å²) in [6, 6.07) is 48.8. The van der Waals surface area contributed by atoms with E-state index in [1.54, 1.807) is 62.8 Å². The summed E-state index contributed by atoms with van der Waals surface area (Å²) in [7, 11) is -1.79. The van der Waals surface area contributed by atoms with Gasteiger partial charge in [-0.25, -0.2) is 29.1 Å². The first kappa shape index (κ1) is 68.5. The van der Waals surface area contributed by atoms with Gasteiger partial charge in [-0.05, 0) is 94.8 Å². The van der Waals surface area contributed by atoms with Crippen molar-refractivity contribution in [3.63, 3.8) is 0 Å². The SMILES string of the molecule is COc1ccc(C(OCC2O[C@@H](n3cc(C)c(=O)[nH]c3=O)C[C@H]2OP(=O)(OCCC#N)OC[C@H]2O[C@@H](n3cnc4c(NC(=O)c5ccc(CNC(=O)OCC6c7ccccc7-c7ccccc76)cc5)ncnc43)C[C@H]2OC(=O)CCC(C)=O)(c2ccccc2)c2ccc(OC)cc2)cc1. The maximum Gasteiger partial charge on any atom is 0.475 e. The van der Waals surface area contributed by atoms with Crippen molar-refractivity contribution < 1.29 is 70.5 Å². The van der Waals surface area contributed by atoms with Gasteiger partial charge in [0, 0.05) is 49.0 Å². The van der Waals surface area contributed by atoms with E-state index in [2.05, 4.69) is 42.7 Å². The van der Waals surface area contributed by atoms with Crippen LogP contribution in [-0.2, 0) is 63.6 Å². The van der Waals surface area contributed by atoms with Crippen LogP contribution < -0.4 is 31.4 Å². The van der Waals surface area contributed by atoms with Crippen molar-refractivity contribution in [1.29, 1.82) is 5.26 Å². The molecule has 2 fully saturated rings. The average molecular weight is 1360 g/mol. The Balaban J connectivity index is 0.764. The van der Waals surface area contributed by atoms with Gasteiger partial charge in [0.25, 0.3) is 11.5 Å². The van der Waals surface area contributed by atoms with Crippen LogP contribution in [0.25, 0.3) is 22.3 Å². The number of rotatable bonds is 28. The Morgan fingerprint density at radius 1 is 0.717 bits per heavy atom. The number of ether oxygens (including phenoxy) is 7. The average Bonchev–Trinajstić information content (AvgIpc) is 1.50. The first-order valence-corrected chi connectivity index (χ1v) is 33.4. The lowest BCUT2D eigenvalue weighted by Crippen LogP contribution is -2.38. The number of H-pyrrole nitrogens is 1. The molecule has 2 unspecified atom stereocenters. The number of anilines is 1. The molecule has 0 radical (unpaired) electrons. The van der Waals surface area contributed by atoms with Gasteiger partial charge in [-0.3, -0.25) is 42.1 Å². The van der Waals surface area contributed by atoms with Crippen LogP contribution in [0.2, 0.25) is 0 Å². The molecule has 510 valence electrons. The third kappa shape index (κ3) is 15.3. The number of ketones is 1. The number of carbonyl (C=O) groups excluding carboxylic acids is 4. The Labute approximate surface area is 567 Å². The number of aromatic nitrogens is 6. The number of nitriles is 1. The number of nitrogens with zero attached hydrogens (tertiary/aromatic N) is 6. The van der Waals surface area contributed by atoms with Crippen LogP contribution in [0, 0.1) is 18.3 Å². The highest BCUT2D eigenvalue weighted by molar-refractivity contribution is 7.48. The van der Waals surface area contributed by atoms with Gasteiger partial charge in [0.1, 0.15) is 72.7 Å². The molecule has 2 aliphatic heterocycles. The number of hydrogen-bond donors (Lipinski definition) is 3. The molecule has 7 atom stereocenters. The lowest BCUT2D eigenvalue weighted by atomic mass is 9.80. The van der Waals surface area contributed by atoms with E-state index in [4.69, 9.17) is 46.7 Å². The van der Waals surface area contributed by atoms with Crippen molar-refractivity contribution in [1.82, 2.24) is 34.4 Å². The van der Waals surface area contributed by atoms with E-state index in [0.717, 1.165) is 22.3 Å². The summed E-state index contributed by atoms with van der Waals surface area (Å²) in [6.07, 6.45) is -4.48. The van der Waals surface area contributed by atoms with E-state index in [0.29, 0.717) is 33.8 Å². The lowest BCUT2D eigenvalue weighted by Gasteiger charge is -2.37. The van der Waals surface area contributed by atoms with E-state index < -0.39 is 92.7 Å². The number of phosphoric acid groups is 1. The number of amides is 2. The molecule has 99 heavy (non-hydrogen) atoms. The quantitative estimate of drug-likeness (QED) is 0.0178. The summed E-state index contributed by atoms with van der Waals surface area (Å²) in [5, 5.41) is 15.3. The van der Waals surface area contributed by atoms with Crippen LogP contribution in [0.4, 0.5) is 10.6 Å². The van der Waals surface area contributed by atoms with Crippen molar-refractivity contribution in [3.8, 4) is 28.7 Å². The molecular formula is C72H70N9O17P. The summed E-state index contributed by atoms with van der Waals surface area (Å²) >= 11 is 0. The molecule has 2 amide bonds. The van der Waals surface area contributed by atoms with Gasteiger partial charge in [0.15, 0.2) is 17.0 Å². The largest absolute Gasteiger partial charge is 0.497 e. The van der Waals surface area contributed by atoms with Crippen LogP contribution in [0.3, 0.4) is 0 Å². The Morgan fingerprint density at radius 3 is 1.98 bits per heavy atom. The number of methoxy groups -OCH3 is 2. The summed E-state index contributed by atoms with van der Waals surface area (Å²) < 4.78 is 79.9. The minimum absolute atomic E-state index is 0.0528. The number of fused-ring (bicyclic) bond motifs is 4. The first-order valence-electron chi connectivity index (χ1n) is 31.9. The second-order valence-electron chi connectivity index (χ2n) is 23.8. The highest BCUT2D eigenvalue weighted by atomic mass is 31.2. The van der Waals surface area contributed by atoms with E-state index in [1.165, 1.54) is 41.8 Å². The molecule has 12 rings (SSSR count). The third-order valence-corrected chi connectivity index (χ3v) is 18.9. The fraction of sp³-hybridized carbons (Fsp3) is 0.306. The van der Waals surface area contributed by atoms with Crippen molar-refractivity contribution in [2.75, 3.05) is 46.0 Å². The molecule has 0 bridgehead atoms. The van der Waals surface area contributed by atoms with Crippen molar-refractivity contribution in [2.45, 2.75) is 101 Å². The molecule has 0 saturated carbocycles. The smallest absolute Gasteiger partial charge is 0.475 e. The van der Waals surface area contributed by atoms with Crippen LogP contribution in [-0.4, -0.2) is 118 Å². The summed E-state index contributed by atoms with van der Waals surface area (Å²) in [5.41, 5.74) is 5.20. The highest BCUT2D eigenvalue weighted by Gasteiger charge is 2.48. The number of hydrogen-bond acceptors (Lipinski definition) is 21. The van der Waals surface area contributed by atoms with Crippen LogP contribution in [0.15, 0.2) is 180 Å². The topological polar surface area (TPSA) is 324 Å². The summed E-state index contributed by atoms with van der Waals surface area (Å²) in [6.45, 7) is 1.77. The second kappa shape index (κ2) is 30.5. The summed E-state index contributed by atoms with van der Waals surface area (Å²) in [4.78, 5) is 94.1. The van der Waals surface area contributed by atoms with E-state index in [9.17, 15) is 34.0 Å². The second-order valence-corrected chi connectivity index (χ2v) is 25.4. The Morgan fingerprint density at radius 2 is 1.33 bits per heavy atom. The normalized spacial score (nSPS) is 18.5. The molecular weight excluding hydrogens is 1290 g/mol. The zero-order chi connectivity index (χ0) is 69.2. The Bertz CT molecular complexity index is 4530. The molecule has 2 saturated heterocycles. The number of imidazole rings is 1. The molecule has 6 aromatic carbocycles. The van der Waals surface area contributed by atoms with Gasteiger partial charge in [0.05, 0.1) is 59.3 Å². The Hall–Kier alpha value is -10.5. The minimum atomic E-state index is -4.90. The number of phosphoric ester groups is 1. The molecule has 5 heterocycles. The van der Waals surface area contributed by atoms with Gasteiger partial charge in [-0.2, -0.15) is 5.26 Å². The fourth-order valence-corrected chi connectivity index (χ4v) is 13.8. The molecule has 3 aromatic heterocycles. The highest BCUT2D eigenvalue weighted by Crippen LogP contribution is 2.55. The molecule has 3 N–H and O–H groups in total. The van der Waals surface area contributed by atoms with Gasteiger partial charge in [-0.1, -0.05) is 115 Å². The molecule has 26 nitrogen and oxygen atoms in total. The molecule has 3 aliphatic rings. The Kier molecular flexibility index (Phi) is 21.1. The van der Waals surface area contributed by atoms with Gasteiger partial charge in [-0.15, -0.1) is 0 Å². The van der Waals surface area contributed by atoms with Crippen molar-refractivity contribution in [3.05, 3.63) is 236 Å². The van der Waals surface area contributed by atoms with Gasteiger partial charge < -0.3 is 48.6 Å². The van der Waals surface area contributed by atoms with E-state index in [-0.39, 0.29) is 91.7 Å². The van der Waals surface area contributed by atoms with Gasteiger partial charge >= 0.3 is 25.6 Å². The number of benzene rings is 6. The third-order valence-electron chi connectivity index (χ3n) is 17.4. The van der Waals surface area contributed by atoms with E-state index in [1.807, 2.05) is 97.1 Å². The molecule has 1 aliphatic carbocycles. The van der Waals surface area contributed by atoms with Crippen LogP contribution in [0.5, 0.6) is 11.5 Å². The standard InChI is InChI=1S/C72H70N9O17P/c1-44-38-80(70(86)79-68(44)84)62-36-59(60(95-62)40-92-72(48-13-6-5-7-14-48,49-24-28-51(89-3)29-25-49)50-26-30-52(90-4)31-27-50)98-99(88,93-34-12-33-73)94-41-61-58(97-64(83)32-19-45(2)82)35-63(96-61)81-43-77-65-66(75-42-76-67(65)81)78-69(85)47-22-20-46(21-23-47)37-74-71(87)91-39-57-55-17-10-8-15-53(55)54-16-9-11-18-56(54)57/h5-11,13-18,20-31,38,42-43,57-63H,12,19,32,34-37,39-41H2,1-4H3,(H,74,87)(H,79,84,86)(H,75,76,78,85)/t58-,59-,60?,61-,62-,63-,99?/m1/s1. The number of nitrogens with one attached hydrogen (secondary N) is 3. The minimum Gasteiger partial charge on any atom is -0.497 e. The maximum atomic E-state index is 15.5. The molecule has 9 aromatic rings. The molecule has 0 spiro atoms. The molecule has 27 heteroatoms. The zero-order valence-electron chi connectivity index (χ0n) is 54.3. The number of esters is 1. The van der Waals surface area contributed by atoms with Gasteiger partial charge in [0.2, 0.25) is 0 Å². The zero-order valence-corrected chi connectivity index (χ0v) is 55.2. The van der Waals surface area contributed by atoms with E-state index >= 15 is 4.57 Å². The monoisotopic (exact) mass is 1360 g/mol. The summed E-state index contributed by atoms with van der Waals surface area (Å²) in [5.74, 6) is -0.399. The predicted molar refractivity (Wildman–Crippen MR) is 357 cm³/mol. The number of Topliss-reactive ketones (excluding diaryl/α,β-unsaturated/α-hetero) is 1. The number of carbonyl (C=O) groups is 4. The maximum absolute atomic E-state index is 15.5. The first-order chi connectivity index (χ1) is 48.0. The number of alkyl carbamates (subject to hydrolysis) is 1. The van der Waals surface area contributed by atoms with Crippen LogP contribution >= 0.6 is 7.82 Å². The lowest BCUT2D eigenvalue weighted by molar-refractivity contribution is -0.153. The number of aromatic amines is 1. The van der Waals surface area contributed by atoms with Crippen LogP contribution in [0.1, 0.15) is 107 Å². The van der Waals surface area contributed by atoms with Crippen molar-refractivity contribution >= 4 is 48.6 Å². The fourth-order valence-electron chi connectivity index (χ4n) is 12.4. The number of aryl methyl sites for hydroxylation is 1.